The van der Waals surface area contributed by atoms with Gasteiger partial charge in [0.1, 0.15) is 5.65 Å². The van der Waals surface area contributed by atoms with Crippen LogP contribution in [0.3, 0.4) is 0 Å². The van der Waals surface area contributed by atoms with Gasteiger partial charge in [0.15, 0.2) is 0 Å². The number of carbonyl (C=O) groups is 1. The molecule has 4 rings (SSSR count). The Morgan fingerprint density at radius 3 is 2.96 bits per heavy atom. The molecule has 0 N–H and O–H groups in total. The van der Waals surface area contributed by atoms with E-state index >= 15 is 0 Å². The number of nitrogens with zero attached hydrogens (tertiary/aromatic N) is 3. The Hall–Kier alpha value is -1.88. The molecule has 2 aromatic heterocycles. The number of rotatable bonds is 6. The molecular formula is C19H25N3O2. The molecule has 1 aliphatic heterocycles. The number of carbonyl (C=O) groups excluding carboxylic acids is 1. The topological polar surface area (TPSA) is 47.4 Å². The van der Waals surface area contributed by atoms with E-state index in [4.69, 9.17) is 9.72 Å². The van der Waals surface area contributed by atoms with Gasteiger partial charge in [-0.2, -0.15) is 0 Å². The maximum atomic E-state index is 12.4. The van der Waals surface area contributed by atoms with Crippen molar-refractivity contribution >= 4 is 16.9 Å². The third-order valence-electron chi connectivity index (χ3n) is 5.00. The summed E-state index contributed by atoms with van der Waals surface area (Å²) in [6, 6.07) is 4.50. The molecule has 1 amide bonds. The quantitative estimate of drug-likeness (QED) is 0.766. The second kappa shape index (κ2) is 6.55. The van der Waals surface area contributed by atoms with Crippen molar-refractivity contribution in [1.82, 2.24) is 14.5 Å². The van der Waals surface area contributed by atoms with E-state index in [2.05, 4.69) is 23.6 Å². The van der Waals surface area contributed by atoms with Crippen LogP contribution in [0.4, 0.5) is 0 Å². The number of amides is 1. The van der Waals surface area contributed by atoms with E-state index in [1.165, 1.54) is 29.5 Å². The largest absolute Gasteiger partial charge is 0.381 e. The molecule has 1 saturated carbocycles. The predicted octanol–water partition coefficient (Wildman–Crippen LogP) is 3.07. The maximum absolute atomic E-state index is 12.4. The summed E-state index contributed by atoms with van der Waals surface area (Å²) >= 11 is 0. The summed E-state index contributed by atoms with van der Waals surface area (Å²) in [7, 11) is 0. The van der Waals surface area contributed by atoms with Gasteiger partial charge in [0, 0.05) is 37.0 Å². The molecule has 5 heteroatoms. The molecule has 0 spiro atoms. The van der Waals surface area contributed by atoms with E-state index in [0.717, 1.165) is 37.7 Å². The summed E-state index contributed by atoms with van der Waals surface area (Å²) in [4.78, 5) is 19.0. The van der Waals surface area contributed by atoms with Gasteiger partial charge in [-0.05, 0) is 42.9 Å². The zero-order valence-corrected chi connectivity index (χ0v) is 14.3. The lowest BCUT2D eigenvalue weighted by Crippen LogP contribution is -2.38. The fourth-order valence-corrected chi connectivity index (χ4v) is 3.51. The number of aromatic nitrogens is 2. The van der Waals surface area contributed by atoms with Crippen LogP contribution in [0.2, 0.25) is 0 Å². The van der Waals surface area contributed by atoms with Crippen molar-refractivity contribution < 1.29 is 9.53 Å². The number of hydrogen-bond acceptors (Lipinski definition) is 3. The van der Waals surface area contributed by atoms with Crippen molar-refractivity contribution in [3.05, 3.63) is 29.6 Å². The normalized spacial score (nSPS) is 17.3. The highest BCUT2D eigenvalue weighted by atomic mass is 16.5. The molecular weight excluding hydrogens is 302 g/mol. The van der Waals surface area contributed by atoms with Gasteiger partial charge < -0.3 is 14.2 Å². The summed E-state index contributed by atoms with van der Waals surface area (Å²) in [6.45, 7) is 5.61. The monoisotopic (exact) mass is 327 g/mol. The van der Waals surface area contributed by atoms with Crippen molar-refractivity contribution in [2.45, 2.75) is 51.6 Å². The van der Waals surface area contributed by atoms with E-state index in [-0.39, 0.29) is 5.91 Å². The van der Waals surface area contributed by atoms with E-state index in [1.807, 2.05) is 11.1 Å². The summed E-state index contributed by atoms with van der Waals surface area (Å²) in [5.41, 5.74) is 3.62. The van der Waals surface area contributed by atoms with Crippen molar-refractivity contribution in [2.24, 2.45) is 0 Å². The third kappa shape index (κ3) is 3.05. The first kappa shape index (κ1) is 15.6. The third-order valence-corrected chi connectivity index (χ3v) is 5.00. The Bertz CT molecular complexity index is 748. The molecule has 0 saturated heterocycles. The van der Waals surface area contributed by atoms with Gasteiger partial charge in [0.25, 0.3) is 0 Å². The first-order valence-corrected chi connectivity index (χ1v) is 9.10. The van der Waals surface area contributed by atoms with Crippen molar-refractivity contribution in [1.29, 1.82) is 0 Å². The Balaban J connectivity index is 1.46. The summed E-state index contributed by atoms with van der Waals surface area (Å²) in [5, 5.41) is 1.22. The summed E-state index contributed by atoms with van der Waals surface area (Å²) in [6.07, 6.45) is 6.10. The van der Waals surface area contributed by atoms with Crippen molar-refractivity contribution in [3.8, 4) is 0 Å². The van der Waals surface area contributed by atoms with Crippen LogP contribution in [-0.2, 0) is 22.6 Å². The van der Waals surface area contributed by atoms with E-state index < -0.39 is 0 Å². The maximum Gasteiger partial charge on any atom is 0.225 e. The van der Waals surface area contributed by atoms with Gasteiger partial charge in [-0.3, -0.25) is 4.79 Å². The molecule has 128 valence electrons. The lowest BCUT2D eigenvalue weighted by molar-refractivity contribution is -0.133. The number of hydrogen-bond donors (Lipinski definition) is 0. The second-order valence-corrected chi connectivity index (χ2v) is 6.92. The molecule has 2 aliphatic rings. The van der Waals surface area contributed by atoms with Crippen LogP contribution in [0.1, 0.15) is 49.8 Å². The Kier molecular flexibility index (Phi) is 4.27. The fourth-order valence-electron chi connectivity index (χ4n) is 3.51. The number of pyridine rings is 1. The predicted molar refractivity (Wildman–Crippen MR) is 92.9 cm³/mol. The molecule has 5 nitrogen and oxygen atoms in total. The van der Waals surface area contributed by atoms with Crippen LogP contribution in [0.5, 0.6) is 0 Å². The Labute approximate surface area is 142 Å². The molecule has 1 fully saturated rings. The van der Waals surface area contributed by atoms with Crippen LogP contribution < -0.4 is 0 Å². The Morgan fingerprint density at radius 1 is 1.29 bits per heavy atom. The average molecular weight is 327 g/mol. The highest BCUT2D eigenvalue weighted by Gasteiger charge is 2.26. The lowest BCUT2D eigenvalue weighted by atomic mass is 10.1. The van der Waals surface area contributed by atoms with E-state index in [0.29, 0.717) is 19.6 Å². The standard InChI is InChI=1S/C19H25N3O2/c1-2-8-24-9-5-18(23)21-6-7-22-17(13-21)11-15-10-16(14-3-4-14)12-20-19(15)22/h10-12,14H,2-9,13H2,1H3. The van der Waals surface area contributed by atoms with Gasteiger partial charge in [0.2, 0.25) is 5.91 Å². The molecule has 3 heterocycles. The fraction of sp³-hybridized carbons (Fsp3) is 0.579. The van der Waals surface area contributed by atoms with Crippen LogP contribution in [-0.4, -0.2) is 40.1 Å². The minimum Gasteiger partial charge on any atom is -0.381 e. The first-order valence-electron chi connectivity index (χ1n) is 9.10. The minimum atomic E-state index is 0.189. The van der Waals surface area contributed by atoms with Gasteiger partial charge in [-0.25, -0.2) is 4.98 Å². The van der Waals surface area contributed by atoms with Gasteiger partial charge in [0.05, 0.1) is 19.6 Å². The molecule has 0 atom stereocenters. The lowest BCUT2D eigenvalue weighted by Gasteiger charge is -2.28. The van der Waals surface area contributed by atoms with Gasteiger partial charge in [-0.15, -0.1) is 0 Å². The zero-order valence-electron chi connectivity index (χ0n) is 14.3. The van der Waals surface area contributed by atoms with Crippen LogP contribution in [0.15, 0.2) is 18.3 Å². The molecule has 0 aromatic carbocycles. The molecule has 2 aromatic rings. The Morgan fingerprint density at radius 2 is 2.17 bits per heavy atom. The average Bonchev–Trinajstić information content (AvgIpc) is 3.38. The van der Waals surface area contributed by atoms with Crippen molar-refractivity contribution in [2.75, 3.05) is 19.8 Å². The van der Waals surface area contributed by atoms with Gasteiger partial charge in [-0.1, -0.05) is 6.92 Å². The molecule has 1 aliphatic carbocycles. The first-order chi connectivity index (χ1) is 11.8. The highest BCUT2D eigenvalue weighted by Crippen LogP contribution is 2.40. The highest BCUT2D eigenvalue weighted by molar-refractivity contribution is 5.80. The minimum absolute atomic E-state index is 0.189. The molecule has 0 unspecified atom stereocenters. The summed E-state index contributed by atoms with van der Waals surface area (Å²) < 4.78 is 7.71. The number of fused-ring (bicyclic) bond motifs is 3. The molecule has 0 radical (unpaired) electrons. The SMILES string of the molecule is CCCOCCC(=O)N1CCn2c(cc3cc(C4CC4)cnc32)C1. The van der Waals surface area contributed by atoms with E-state index in [9.17, 15) is 4.79 Å². The van der Waals surface area contributed by atoms with E-state index in [1.54, 1.807) is 0 Å². The summed E-state index contributed by atoms with van der Waals surface area (Å²) in [5.74, 6) is 0.911. The van der Waals surface area contributed by atoms with Gasteiger partial charge >= 0.3 is 0 Å². The van der Waals surface area contributed by atoms with Crippen LogP contribution >= 0.6 is 0 Å². The van der Waals surface area contributed by atoms with Crippen LogP contribution in [0.25, 0.3) is 11.0 Å². The van der Waals surface area contributed by atoms with Crippen molar-refractivity contribution in [3.63, 3.8) is 0 Å². The smallest absolute Gasteiger partial charge is 0.225 e. The van der Waals surface area contributed by atoms with Crippen LogP contribution in [0, 0.1) is 0 Å². The molecule has 24 heavy (non-hydrogen) atoms. The zero-order chi connectivity index (χ0) is 16.5. The number of ether oxygens (including phenoxy) is 1. The second-order valence-electron chi connectivity index (χ2n) is 6.92. The molecule has 0 bridgehead atoms.